The Labute approximate surface area is 312 Å². The second-order valence-corrected chi connectivity index (χ2v) is 17.1. The first-order chi connectivity index (χ1) is 25.3. The van der Waals surface area contributed by atoms with Crippen LogP contribution in [0.2, 0.25) is 0 Å². The molecule has 5 unspecified atom stereocenters. The van der Waals surface area contributed by atoms with Gasteiger partial charge >= 0.3 is 0 Å². The van der Waals surface area contributed by atoms with E-state index in [1.807, 2.05) is 30.6 Å². The van der Waals surface area contributed by atoms with Gasteiger partial charge in [-0.2, -0.15) is 0 Å². The Bertz CT molecular complexity index is 1800. The van der Waals surface area contributed by atoms with Crippen molar-refractivity contribution in [2.75, 3.05) is 31.2 Å². The van der Waals surface area contributed by atoms with Gasteiger partial charge in [-0.1, -0.05) is 50.2 Å². The molecular formula is C40H55N3O9S. The fourth-order valence-electron chi connectivity index (χ4n) is 6.62. The van der Waals surface area contributed by atoms with Gasteiger partial charge in [0.2, 0.25) is 0 Å². The molecule has 5 atom stereocenters. The Kier molecular flexibility index (Phi) is 13.7. The molecule has 1 aromatic heterocycles. The molecule has 0 bridgehead atoms. The molecule has 2 aromatic carbocycles. The van der Waals surface area contributed by atoms with Crippen molar-refractivity contribution >= 4 is 15.7 Å². The average Bonchev–Trinajstić information content (AvgIpc) is 4.12. The summed E-state index contributed by atoms with van der Waals surface area (Å²) in [5.74, 6) is -0.414. The number of carbonyl (C=O) groups excluding carboxylic acids is 1. The number of sulfone groups is 1. The highest BCUT2D eigenvalue weighted by Gasteiger charge is 2.46. The normalized spacial score (nSPS) is 18.1. The molecule has 1 heterocycles. The molecule has 290 valence electrons. The van der Waals surface area contributed by atoms with Crippen LogP contribution in [-0.2, 0) is 26.7 Å². The third-order valence-corrected chi connectivity index (χ3v) is 12.3. The van der Waals surface area contributed by atoms with E-state index in [1.54, 1.807) is 0 Å². The van der Waals surface area contributed by atoms with Gasteiger partial charge in [-0.25, -0.2) is 8.42 Å². The smallest absolute Gasteiger partial charge is 0.254 e. The zero-order valence-corrected chi connectivity index (χ0v) is 31.7. The van der Waals surface area contributed by atoms with Crippen LogP contribution in [0.3, 0.4) is 0 Å². The van der Waals surface area contributed by atoms with Gasteiger partial charge in [-0.05, 0) is 91.3 Å². The molecule has 2 aliphatic carbocycles. The van der Waals surface area contributed by atoms with Gasteiger partial charge in [0.15, 0.2) is 15.9 Å². The Morgan fingerprint density at radius 2 is 1.77 bits per heavy atom. The highest BCUT2D eigenvalue weighted by Crippen LogP contribution is 2.50. The zero-order valence-electron chi connectivity index (χ0n) is 30.9. The SMILES string of the molecule is CCS(=O)(=O)CCN(CCCC(C)c1ccc(C)c(CNC2(c3cnccc3-c3ccccc3OC3CC3)CC2)c1)C(=O)C(O)C(O)C(O)C(O)CO. The molecule has 2 aliphatic rings. The van der Waals surface area contributed by atoms with Crippen molar-refractivity contribution in [2.24, 2.45) is 0 Å². The minimum absolute atomic E-state index is 0.0884. The van der Waals surface area contributed by atoms with Crippen LogP contribution in [0.1, 0.15) is 80.5 Å². The van der Waals surface area contributed by atoms with E-state index in [9.17, 15) is 33.6 Å². The van der Waals surface area contributed by atoms with Gasteiger partial charge in [0, 0.05) is 48.9 Å². The summed E-state index contributed by atoms with van der Waals surface area (Å²) in [5, 5.41) is 53.6. The van der Waals surface area contributed by atoms with Gasteiger partial charge in [-0.15, -0.1) is 0 Å². The van der Waals surface area contributed by atoms with Crippen molar-refractivity contribution < 1.29 is 43.5 Å². The summed E-state index contributed by atoms with van der Waals surface area (Å²) in [6.45, 7) is 5.37. The van der Waals surface area contributed by atoms with Crippen LogP contribution < -0.4 is 10.1 Å². The monoisotopic (exact) mass is 753 g/mol. The molecule has 1 amide bonds. The number of amides is 1. The summed E-state index contributed by atoms with van der Waals surface area (Å²) in [6, 6.07) is 16.7. The minimum atomic E-state index is -3.45. The van der Waals surface area contributed by atoms with E-state index in [0.717, 1.165) is 59.3 Å². The van der Waals surface area contributed by atoms with E-state index in [4.69, 9.17) is 9.84 Å². The van der Waals surface area contributed by atoms with E-state index < -0.39 is 46.8 Å². The summed E-state index contributed by atoms with van der Waals surface area (Å²) in [6.07, 6.45) is 1.44. The van der Waals surface area contributed by atoms with Crippen molar-refractivity contribution in [3.8, 4) is 16.9 Å². The molecule has 12 nitrogen and oxygen atoms in total. The van der Waals surface area contributed by atoms with Gasteiger partial charge in [-0.3, -0.25) is 9.78 Å². The summed E-state index contributed by atoms with van der Waals surface area (Å²) >= 11 is 0. The average molecular weight is 754 g/mol. The first-order valence-corrected chi connectivity index (χ1v) is 20.5. The number of aliphatic hydroxyl groups excluding tert-OH is 5. The van der Waals surface area contributed by atoms with Crippen LogP contribution >= 0.6 is 0 Å². The van der Waals surface area contributed by atoms with Crippen molar-refractivity contribution in [3.63, 3.8) is 0 Å². The predicted molar refractivity (Wildman–Crippen MR) is 202 cm³/mol. The molecule has 0 aliphatic heterocycles. The van der Waals surface area contributed by atoms with Crippen LogP contribution in [0.15, 0.2) is 60.9 Å². The lowest BCUT2D eigenvalue weighted by Crippen LogP contribution is -2.53. The molecule has 5 rings (SSSR count). The molecule has 3 aromatic rings. The summed E-state index contributed by atoms with van der Waals surface area (Å²) in [4.78, 5) is 18.9. The van der Waals surface area contributed by atoms with Crippen LogP contribution in [0.25, 0.3) is 11.1 Å². The van der Waals surface area contributed by atoms with Gasteiger partial charge in [0.05, 0.1) is 18.5 Å². The number of hydrogen-bond donors (Lipinski definition) is 6. The fraction of sp³-hybridized carbons (Fsp3) is 0.550. The quantitative estimate of drug-likeness (QED) is 0.0939. The fourth-order valence-corrected chi connectivity index (χ4v) is 7.41. The summed E-state index contributed by atoms with van der Waals surface area (Å²) in [5.41, 5.74) is 6.62. The van der Waals surface area contributed by atoms with Gasteiger partial charge in [0.25, 0.3) is 5.91 Å². The van der Waals surface area contributed by atoms with Crippen LogP contribution in [0.5, 0.6) is 5.75 Å². The predicted octanol–water partition coefficient (Wildman–Crippen LogP) is 2.96. The number of aromatic nitrogens is 1. The number of carbonyl (C=O) groups is 1. The molecule has 2 fully saturated rings. The zero-order chi connectivity index (χ0) is 38.3. The molecule has 0 saturated heterocycles. The number of nitrogens with zero attached hydrogens (tertiary/aromatic N) is 2. The number of benzene rings is 2. The lowest BCUT2D eigenvalue weighted by atomic mass is 9.92. The standard InChI is InChI=1S/C40H55N3O9S/c1-4-53(50,51)21-20-43(39(49)38(48)37(47)36(46)34(45)25-44)19-7-8-26(2)28-12-11-27(3)29(22-28)23-42-40(16-17-40)33-24-41-18-15-31(33)32-9-5-6-10-35(32)52-30-13-14-30/h5-6,9-12,15,18,22,24,26,30,34,36-38,42,44-48H,4,7-8,13-14,16-17,19-21,23,25H2,1-3H3. The van der Waals surface area contributed by atoms with Gasteiger partial charge in [0.1, 0.15) is 24.1 Å². The number of nitrogens with one attached hydrogen (secondary N) is 1. The minimum Gasteiger partial charge on any atom is -0.490 e. The molecule has 2 saturated carbocycles. The molecule has 0 radical (unpaired) electrons. The van der Waals surface area contributed by atoms with Crippen LogP contribution in [-0.4, -0.2) is 111 Å². The number of aryl methyl sites for hydroxylation is 1. The highest BCUT2D eigenvalue weighted by molar-refractivity contribution is 7.91. The van der Waals surface area contributed by atoms with Crippen molar-refractivity contribution in [1.82, 2.24) is 15.2 Å². The maximum Gasteiger partial charge on any atom is 0.254 e. The topological polar surface area (TPSA) is 190 Å². The lowest BCUT2D eigenvalue weighted by molar-refractivity contribution is -0.158. The maximum absolute atomic E-state index is 13.2. The first kappa shape index (κ1) is 40.7. The van der Waals surface area contributed by atoms with E-state index in [2.05, 4.69) is 54.5 Å². The Balaban J connectivity index is 1.24. The Morgan fingerprint density at radius 1 is 1.04 bits per heavy atom. The number of para-hydroxylation sites is 1. The van der Waals surface area contributed by atoms with E-state index in [0.29, 0.717) is 25.5 Å². The number of rotatable bonds is 21. The molecule has 6 N–H and O–H groups in total. The van der Waals surface area contributed by atoms with E-state index >= 15 is 0 Å². The van der Waals surface area contributed by atoms with Crippen molar-refractivity contribution in [1.29, 1.82) is 0 Å². The Hall–Kier alpha value is -3.43. The van der Waals surface area contributed by atoms with E-state index in [1.165, 1.54) is 17.4 Å². The highest BCUT2D eigenvalue weighted by atomic mass is 32.2. The molecule has 53 heavy (non-hydrogen) atoms. The van der Waals surface area contributed by atoms with Crippen molar-refractivity contribution in [3.05, 3.63) is 83.2 Å². The Morgan fingerprint density at radius 3 is 2.45 bits per heavy atom. The largest absolute Gasteiger partial charge is 0.490 e. The second-order valence-electron chi connectivity index (χ2n) is 14.6. The summed E-state index contributed by atoms with van der Waals surface area (Å²) in [7, 11) is -3.45. The third-order valence-electron chi connectivity index (χ3n) is 10.6. The lowest BCUT2D eigenvalue weighted by Gasteiger charge is -2.30. The van der Waals surface area contributed by atoms with Crippen LogP contribution in [0, 0.1) is 6.92 Å². The molecule has 13 heteroatoms. The van der Waals surface area contributed by atoms with Crippen molar-refractivity contribution in [2.45, 2.75) is 108 Å². The number of aliphatic hydroxyl groups is 5. The second kappa shape index (κ2) is 17.8. The van der Waals surface area contributed by atoms with Gasteiger partial charge < -0.3 is 40.5 Å². The first-order valence-electron chi connectivity index (χ1n) is 18.7. The summed E-state index contributed by atoms with van der Waals surface area (Å²) < 4.78 is 30.8. The number of ether oxygens (including phenoxy) is 1. The van der Waals surface area contributed by atoms with Crippen LogP contribution in [0.4, 0.5) is 0 Å². The molecule has 0 spiro atoms. The number of pyridine rings is 1. The number of hydrogen-bond acceptors (Lipinski definition) is 11. The third kappa shape index (κ3) is 10.4. The molecular weight excluding hydrogens is 699 g/mol. The van der Waals surface area contributed by atoms with E-state index in [-0.39, 0.29) is 36.1 Å². The maximum atomic E-state index is 13.2.